The Morgan fingerprint density at radius 1 is 1.33 bits per heavy atom. The second-order valence-electron chi connectivity index (χ2n) is 4.44. The summed E-state index contributed by atoms with van der Waals surface area (Å²) in [6.45, 7) is 3.32. The molecule has 0 aromatic heterocycles. The highest BCUT2D eigenvalue weighted by Crippen LogP contribution is 2.32. The number of hydrogen-bond acceptors (Lipinski definition) is 2. The molecule has 0 bridgehead atoms. The summed E-state index contributed by atoms with van der Waals surface area (Å²) < 4.78 is 0. The van der Waals surface area contributed by atoms with E-state index >= 15 is 0 Å². The highest BCUT2D eigenvalue weighted by atomic mass is 15.3. The molecule has 1 heterocycles. The quantitative estimate of drug-likeness (QED) is 0.792. The molecule has 0 saturated carbocycles. The predicted molar refractivity (Wildman–Crippen MR) is 63.8 cm³/mol. The SMILES string of the molecule is CCC1(N(C)C)NCCc2ccccc21. The summed E-state index contributed by atoms with van der Waals surface area (Å²) in [6.07, 6.45) is 2.24. The van der Waals surface area contributed by atoms with E-state index in [4.69, 9.17) is 0 Å². The van der Waals surface area contributed by atoms with Crippen LogP contribution in [0, 0.1) is 0 Å². The van der Waals surface area contributed by atoms with Gasteiger partial charge in [0.15, 0.2) is 0 Å². The zero-order chi connectivity index (χ0) is 10.9. The van der Waals surface area contributed by atoms with Crippen LogP contribution in [0.1, 0.15) is 24.5 Å². The fourth-order valence-corrected chi connectivity index (χ4v) is 2.67. The molecule has 1 atom stereocenters. The van der Waals surface area contributed by atoms with E-state index in [1.807, 2.05) is 0 Å². The first-order chi connectivity index (χ1) is 7.20. The average molecular weight is 204 g/mol. The molecule has 0 aliphatic carbocycles. The van der Waals surface area contributed by atoms with Crippen molar-refractivity contribution in [3.63, 3.8) is 0 Å². The van der Waals surface area contributed by atoms with E-state index in [-0.39, 0.29) is 5.66 Å². The molecular weight excluding hydrogens is 184 g/mol. The van der Waals surface area contributed by atoms with Gasteiger partial charge in [0.2, 0.25) is 0 Å². The van der Waals surface area contributed by atoms with Gasteiger partial charge < -0.3 is 0 Å². The Morgan fingerprint density at radius 3 is 2.73 bits per heavy atom. The molecule has 1 aliphatic heterocycles. The van der Waals surface area contributed by atoms with Gasteiger partial charge in [-0.1, -0.05) is 31.2 Å². The van der Waals surface area contributed by atoms with Crippen molar-refractivity contribution in [3.8, 4) is 0 Å². The third kappa shape index (κ3) is 1.58. The zero-order valence-corrected chi connectivity index (χ0v) is 9.88. The molecule has 1 unspecified atom stereocenters. The molecule has 1 N–H and O–H groups in total. The molecule has 1 aromatic carbocycles. The van der Waals surface area contributed by atoms with Crippen LogP contribution in [0.2, 0.25) is 0 Å². The van der Waals surface area contributed by atoms with Gasteiger partial charge in [-0.2, -0.15) is 0 Å². The van der Waals surface area contributed by atoms with Crippen molar-refractivity contribution in [2.24, 2.45) is 0 Å². The lowest BCUT2D eigenvalue weighted by Gasteiger charge is -2.44. The van der Waals surface area contributed by atoms with E-state index in [2.05, 4.69) is 55.5 Å². The van der Waals surface area contributed by atoms with Crippen molar-refractivity contribution in [2.75, 3.05) is 20.6 Å². The van der Waals surface area contributed by atoms with Crippen LogP contribution in [0.25, 0.3) is 0 Å². The van der Waals surface area contributed by atoms with E-state index in [0.29, 0.717) is 0 Å². The molecule has 2 rings (SSSR count). The summed E-state index contributed by atoms with van der Waals surface area (Å²) in [6, 6.07) is 8.79. The van der Waals surface area contributed by atoms with Gasteiger partial charge in [0.25, 0.3) is 0 Å². The van der Waals surface area contributed by atoms with Gasteiger partial charge in [-0.3, -0.25) is 10.2 Å². The van der Waals surface area contributed by atoms with E-state index in [0.717, 1.165) is 19.4 Å². The summed E-state index contributed by atoms with van der Waals surface area (Å²) in [4.78, 5) is 2.30. The Morgan fingerprint density at radius 2 is 2.07 bits per heavy atom. The van der Waals surface area contributed by atoms with E-state index in [1.165, 1.54) is 11.1 Å². The molecule has 1 aromatic rings. The molecule has 0 fully saturated rings. The molecule has 0 amide bonds. The Labute approximate surface area is 92.3 Å². The maximum atomic E-state index is 3.66. The van der Waals surface area contributed by atoms with Crippen LogP contribution in [0.4, 0.5) is 0 Å². The van der Waals surface area contributed by atoms with Crippen LogP contribution in [-0.4, -0.2) is 25.5 Å². The normalized spacial score (nSPS) is 25.3. The van der Waals surface area contributed by atoms with E-state index < -0.39 is 0 Å². The second kappa shape index (κ2) is 3.95. The first-order valence-electron chi connectivity index (χ1n) is 5.71. The minimum atomic E-state index is 0.0366. The molecule has 2 heteroatoms. The Hall–Kier alpha value is -0.860. The highest BCUT2D eigenvalue weighted by molar-refractivity contribution is 5.35. The van der Waals surface area contributed by atoms with Gasteiger partial charge >= 0.3 is 0 Å². The maximum absolute atomic E-state index is 3.66. The van der Waals surface area contributed by atoms with Crippen molar-refractivity contribution in [1.29, 1.82) is 0 Å². The number of nitrogens with one attached hydrogen (secondary N) is 1. The average Bonchev–Trinajstić information content (AvgIpc) is 2.28. The van der Waals surface area contributed by atoms with Crippen molar-refractivity contribution < 1.29 is 0 Å². The zero-order valence-electron chi connectivity index (χ0n) is 9.88. The minimum absolute atomic E-state index is 0.0366. The standard InChI is InChI=1S/C13H20N2/c1-4-13(15(2)3)12-8-6-5-7-11(12)9-10-14-13/h5-8,14H,4,9-10H2,1-3H3. The summed E-state index contributed by atoms with van der Waals surface area (Å²) in [5.41, 5.74) is 2.98. The number of benzene rings is 1. The number of fused-ring (bicyclic) bond motifs is 1. The molecule has 0 radical (unpaired) electrons. The molecule has 2 nitrogen and oxygen atoms in total. The lowest BCUT2D eigenvalue weighted by atomic mass is 9.86. The van der Waals surface area contributed by atoms with Crippen molar-refractivity contribution in [3.05, 3.63) is 35.4 Å². The van der Waals surface area contributed by atoms with Gasteiger partial charge in [0.1, 0.15) is 0 Å². The van der Waals surface area contributed by atoms with Gasteiger partial charge in [-0.05, 0) is 38.1 Å². The lowest BCUT2D eigenvalue weighted by Crippen LogP contribution is -2.56. The smallest absolute Gasteiger partial charge is 0.0970 e. The van der Waals surface area contributed by atoms with Crippen LogP contribution in [0.5, 0.6) is 0 Å². The van der Waals surface area contributed by atoms with E-state index in [9.17, 15) is 0 Å². The minimum Gasteiger partial charge on any atom is -0.295 e. The molecule has 15 heavy (non-hydrogen) atoms. The Balaban J connectivity index is 2.52. The van der Waals surface area contributed by atoms with E-state index in [1.54, 1.807) is 0 Å². The molecule has 0 spiro atoms. The monoisotopic (exact) mass is 204 g/mol. The van der Waals surface area contributed by atoms with Crippen LogP contribution >= 0.6 is 0 Å². The fourth-order valence-electron chi connectivity index (χ4n) is 2.67. The van der Waals surface area contributed by atoms with Crippen LogP contribution in [0.15, 0.2) is 24.3 Å². The Kier molecular flexibility index (Phi) is 2.81. The lowest BCUT2D eigenvalue weighted by molar-refractivity contribution is 0.0929. The molecular formula is C13H20N2. The van der Waals surface area contributed by atoms with Gasteiger partial charge in [0.05, 0.1) is 5.66 Å². The van der Waals surface area contributed by atoms with Crippen LogP contribution < -0.4 is 5.32 Å². The van der Waals surface area contributed by atoms with Crippen molar-refractivity contribution >= 4 is 0 Å². The second-order valence-corrected chi connectivity index (χ2v) is 4.44. The Bertz CT molecular complexity index is 346. The van der Waals surface area contributed by atoms with Crippen LogP contribution in [-0.2, 0) is 12.1 Å². The predicted octanol–water partition coefficient (Wildman–Crippen LogP) is 1.96. The summed E-state index contributed by atoms with van der Waals surface area (Å²) in [7, 11) is 4.30. The molecule has 1 aliphatic rings. The summed E-state index contributed by atoms with van der Waals surface area (Å²) in [5, 5.41) is 3.66. The van der Waals surface area contributed by atoms with Crippen molar-refractivity contribution in [1.82, 2.24) is 10.2 Å². The number of rotatable bonds is 2. The van der Waals surface area contributed by atoms with Gasteiger partial charge in [-0.15, -0.1) is 0 Å². The largest absolute Gasteiger partial charge is 0.295 e. The number of nitrogens with zero attached hydrogens (tertiary/aromatic N) is 1. The maximum Gasteiger partial charge on any atom is 0.0970 e. The highest BCUT2D eigenvalue weighted by Gasteiger charge is 2.36. The van der Waals surface area contributed by atoms with Gasteiger partial charge in [0, 0.05) is 6.54 Å². The summed E-state index contributed by atoms with van der Waals surface area (Å²) in [5.74, 6) is 0. The first kappa shape index (κ1) is 10.7. The van der Waals surface area contributed by atoms with Gasteiger partial charge in [-0.25, -0.2) is 0 Å². The third-order valence-corrected chi connectivity index (χ3v) is 3.55. The van der Waals surface area contributed by atoms with Crippen LogP contribution in [0.3, 0.4) is 0 Å². The fraction of sp³-hybridized carbons (Fsp3) is 0.538. The molecule has 0 saturated heterocycles. The summed E-state index contributed by atoms with van der Waals surface area (Å²) >= 11 is 0. The first-order valence-corrected chi connectivity index (χ1v) is 5.71. The topological polar surface area (TPSA) is 15.3 Å². The molecule has 82 valence electrons. The number of hydrogen-bond donors (Lipinski definition) is 1. The third-order valence-electron chi connectivity index (χ3n) is 3.55. The van der Waals surface area contributed by atoms with Crippen molar-refractivity contribution in [2.45, 2.75) is 25.4 Å².